The molecule has 2 aliphatic rings. The zero-order valence-corrected chi connectivity index (χ0v) is 7.30. The average molecular weight is 156 g/mol. The van der Waals surface area contributed by atoms with Crippen molar-refractivity contribution in [1.82, 2.24) is 0 Å². The molecule has 0 saturated carbocycles. The summed E-state index contributed by atoms with van der Waals surface area (Å²) in [6.07, 6.45) is 0. The van der Waals surface area contributed by atoms with E-state index in [-0.39, 0.29) is 0 Å². The molecule has 0 radical (unpaired) electrons. The van der Waals surface area contributed by atoms with Crippen molar-refractivity contribution >= 4 is 0 Å². The molecule has 2 heteroatoms. The maximum atomic E-state index is 5.50. The van der Waals surface area contributed by atoms with Gasteiger partial charge in [0.25, 0.3) is 0 Å². The molecule has 11 heavy (non-hydrogen) atoms. The average Bonchev–Trinajstić information content (AvgIpc) is 2.40. The monoisotopic (exact) mass is 156 g/mol. The molecule has 2 fully saturated rings. The molecule has 0 bridgehead atoms. The number of ether oxygens (including phenoxy) is 2. The third kappa shape index (κ3) is 0.926. The van der Waals surface area contributed by atoms with Crippen molar-refractivity contribution in [3.63, 3.8) is 0 Å². The summed E-state index contributed by atoms with van der Waals surface area (Å²) in [4.78, 5) is 0. The van der Waals surface area contributed by atoms with E-state index in [1.54, 1.807) is 0 Å². The standard InChI is InChI=1S/C9H16O2/c1-7(2)9-5-10-3-8(9)4-11-6-9/h7-8H,3-6H2,1-2H3. The lowest BCUT2D eigenvalue weighted by Crippen LogP contribution is -2.34. The van der Waals surface area contributed by atoms with Crippen LogP contribution in [0.4, 0.5) is 0 Å². The van der Waals surface area contributed by atoms with Gasteiger partial charge in [0.15, 0.2) is 0 Å². The molecule has 0 aromatic heterocycles. The van der Waals surface area contributed by atoms with E-state index in [1.807, 2.05) is 0 Å². The normalized spacial score (nSPS) is 43.4. The van der Waals surface area contributed by atoms with Gasteiger partial charge in [-0.1, -0.05) is 13.8 Å². The van der Waals surface area contributed by atoms with Gasteiger partial charge in [0.1, 0.15) is 0 Å². The van der Waals surface area contributed by atoms with Gasteiger partial charge in [-0.25, -0.2) is 0 Å². The maximum Gasteiger partial charge on any atom is 0.0551 e. The number of hydrogen-bond acceptors (Lipinski definition) is 2. The van der Waals surface area contributed by atoms with Crippen molar-refractivity contribution in [2.24, 2.45) is 17.3 Å². The van der Waals surface area contributed by atoms with Gasteiger partial charge in [-0.15, -0.1) is 0 Å². The van der Waals surface area contributed by atoms with Gasteiger partial charge in [0.05, 0.1) is 26.4 Å². The Morgan fingerprint density at radius 2 is 1.73 bits per heavy atom. The molecule has 2 saturated heterocycles. The van der Waals surface area contributed by atoms with E-state index in [4.69, 9.17) is 9.47 Å². The van der Waals surface area contributed by atoms with Gasteiger partial charge in [-0.3, -0.25) is 0 Å². The Kier molecular flexibility index (Phi) is 1.69. The van der Waals surface area contributed by atoms with E-state index in [0.717, 1.165) is 26.4 Å². The first-order valence-corrected chi connectivity index (χ1v) is 4.41. The fourth-order valence-electron chi connectivity index (χ4n) is 2.24. The summed E-state index contributed by atoms with van der Waals surface area (Å²) in [5.41, 5.74) is 0.361. The minimum atomic E-state index is 0.361. The molecule has 0 amide bonds. The smallest absolute Gasteiger partial charge is 0.0551 e. The first-order chi connectivity index (χ1) is 5.26. The van der Waals surface area contributed by atoms with Crippen molar-refractivity contribution in [3.8, 4) is 0 Å². The summed E-state index contributed by atoms with van der Waals surface area (Å²) in [5, 5.41) is 0. The Bertz CT molecular complexity index is 144. The summed E-state index contributed by atoms with van der Waals surface area (Å²) < 4.78 is 11.0. The minimum absolute atomic E-state index is 0.361. The topological polar surface area (TPSA) is 18.5 Å². The van der Waals surface area contributed by atoms with Crippen LogP contribution in [0.5, 0.6) is 0 Å². The summed E-state index contributed by atoms with van der Waals surface area (Å²) in [5.74, 6) is 1.36. The van der Waals surface area contributed by atoms with Crippen LogP contribution < -0.4 is 0 Å². The molecule has 0 unspecified atom stereocenters. The molecule has 0 atom stereocenters. The van der Waals surface area contributed by atoms with Crippen LogP contribution in [-0.4, -0.2) is 26.4 Å². The molecule has 0 aliphatic carbocycles. The second kappa shape index (κ2) is 2.46. The molecule has 0 aromatic carbocycles. The van der Waals surface area contributed by atoms with E-state index in [1.165, 1.54) is 0 Å². The van der Waals surface area contributed by atoms with E-state index in [0.29, 0.717) is 17.3 Å². The van der Waals surface area contributed by atoms with Crippen LogP contribution in [0.2, 0.25) is 0 Å². The highest BCUT2D eigenvalue weighted by Gasteiger charge is 2.50. The SMILES string of the molecule is CC(C)C12COCC1COC2. The molecule has 2 heterocycles. The van der Waals surface area contributed by atoms with E-state index in [9.17, 15) is 0 Å². The van der Waals surface area contributed by atoms with Crippen molar-refractivity contribution in [2.45, 2.75) is 13.8 Å². The van der Waals surface area contributed by atoms with Crippen molar-refractivity contribution in [2.75, 3.05) is 26.4 Å². The molecule has 0 spiro atoms. The third-order valence-electron chi connectivity index (χ3n) is 3.34. The lowest BCUT2D eigenvalue weighted by atomic mass is 9.72. The van der Waals surface area contributed by atoms with Crippen LogP contribution in [-0.2, 0) is 9.47 Å². The van der Waals surface area contributed by atoms with Gasteiger partial charge in [0, 0.05) is 11.3 Å². The van der Waals surface area contributed by atoms with Crippen LogP contribution in [0.25, 0.3) is 0 Å². The predicted molar refractivity (Wildman–Crippen MR) is 42.4 cm³/mol. The second-order valence-electron chi connectivity index (χ2n) is 4.12. The van der Waals surface area contributed by atoms with E-state index < -0.39 is 0 Å². The van der Waals surface area contributed by atoms with Crippen LogP contribution in [0.15, 0.2) is 0 Å². The van der Waals surface area contributed by atoms with Crippen molar-refractivity contribution in [3.05, 3.63) is 0 Å². The Hall–Kier alpha value is -0.0800. The lowest BCUT2D eigenvalue weighted by molar-refractivity contribution is 0.0623. The first kappa shape index (κ1) is 7.56. The summed E-state index contributed by atoms with van der Waals surface area (Å²) in [7, 11) is 0. The Morgan fingerprint density at radius 3 is 2.09 bits per heavy atom. The fraction of sp³-hybridized carbons (Fsp3) is 1.00. The number of fused-ring (bicyclic) bond motifs is 1. The predicted octanol–water partition coefficient (Wildman–Crippen LogP) is 1.31. The molecular weight excluding hydrogens is 140 g/mol. The Balaban J connectivity index is 2.20. The molecule has 64 valence electrons. The van der Waals surface area contributed by atoms with Gasteiger partial charge >= 0.3 is 0 Å². The lowest BCUT2D eigenvalue weighted by Gasteiger charge is -2.29. The Morgan fingerprint density at radius 1 is 1.18 bits per heavy atom. The van der Waals surface area contributed by atoms with Gasteiger partial charge in [-0.05, 0) is 5.92 Å². The van der Waals surface area contributed by atoms with Crippen LogP contribution in [0.3, 0.4) is 0 Å². The first-order valence-electron chi connectivity index (χ1n) is 4.41. The molecule has 0 N–H and O–H groups in total. The highest BCUT2D eigenvalue weighted by Crippen LogP contribution is 2.45. The van der Waals surface area contributed by atoms with Gasteiger partial charge < -0.3 is 9.47 Å². The van der Waals surface area contributed by atoms with Gasteiger partial charge in [0.2, 0.25) is 0 Å². The number of rotatable bonds is 1. The molecule has 2 nitrogen and oxygen atoms in total. The largest absolute Gasteiger partial charge is 0.380 e. The molecular formula is C9H16O2. The quantitative estimate of drug-likeness (QED) is 0.570. The summed E-state index contributed by atoms with van der Waals surface area (Å²) in [6, 6.07) is 0. The molecule has 2 aliphatic heterocycles. The Labute approximate surface area is 67.9 Å². The number of hydrogen-bond donors (Lipinski definition) is 0. The molecule has 0 aromatic rings. The van der Waals surface area contributed by atoms with Crippen LogP contribution >= 0.6 is 0 Å². The third-order valence-corrected chi connectivity index (χ3v) is 3.34. The van der Waals surface area contributed by atoms with Gasteiger partial charge in [-0.2, -0.15) is 0 Å². The van der Waals surface area contributed by atoms with E-state index >= 15 is 0 Å². The van der Waals surface area contributed by atoms with Crippen molar-refractivity contribution < 1.29 is 9.47 Å². The summed E-state index contributed by atoms with van der Waals surface area (Å²) >= 11 is 0. The molecule has 2 rings (SSSR count). The summed E-state index contributed by atoms with van der Waals surface area (Å²) in [6.45, 7) is 8.20. The fourth-order valence-corrected chi connectivity index (χ4v) is 2.24. The minimum Gasteiger partial charge on any atom is -0.380 e. The highest BCUT2D eigenvalue weighted by molar-refractivity contribution is 4.96. The maximum absolute atomic E-state index is 5.50. The zero-order chi connectivity index (χ0) is 7.90. The highest BCUT2D eigenvalue weighted by atomic mass is 16.5. The zero-order valence-electron chi connectivity index (χ0n) is 7.30. The second-order valence-corrected chi connectivity index (χ2v) is 4.12. The van der Waals surface area contributed by atoms with Crippen LogP contribution in [0.1, 0.15) is 13.8 Å². The van der Waals surface area contributed by atoms with E-state index in [2.05, 4.69) is 13.8 Å². The van der Waals surface area contributed by atoms with Crippen molar-refractivity contribution in [1.29, 1.82) is 0 Å². The van der Waals surface area contributed by atoms with Crippen LogP contribution in [0, 0.1) is 17.3 Å².